The van der Waals surface area contributed by atoms with Gasteiger partial charge in [0, 0.05) is 25.3 Å². The quantitative estimate of drug-likeness (QED) is 0.833. The average Bonchev–Trinajstić information content (AvgIpc) is 2.76. The van der Waals surface area contributed by atoms with Crippen molar-refractivity contribution in [3.05, 3.63) is 12.2 Å². The first-order chi connectivity index (χ1) is 7.77. The molecule has 5 heteroatoms. The van der Waals surface area contributed by atoms with Crippen LogP contribution in [-0.4, -0.2) is 34.0 Å². The normalized spacial score (nSPS) is 18.2. The Morgan fingerprint density at radius 1 is 1.50 bits per heavy atom. The average molecular weight is 224 g/mol. The van der Waals surface area contributed by atoms with Gasteiger partial charge in [-0.15, -0.1) is 0 Å². The monoisotopic (exact) mass is 224 g/mol. The summed E-state index contributed by atoms with van der Waals surface area (Å²) in [7, 11) is 0. The SMILES string of the molecule is CC(C)n1ncnc1CNC1CCOCC1. The van der Waals surface area contributed by atoms with Gasteiger partial charge in [-0.2, -0.15) is 5.10 Å². The predicted molar refractivity (Wildman–Crippen MR) is 61.1 cm³/mol. The molecule has 1 fully saturated rings. The van der Waals surface area contributed by atoms with Gasteiger partial charge in [-0.05, 0) is 26.7 Å². The molecule has 0 saturated carbocycles. The molecule has 1 N–H and O–H groups in total. The fourth-order valence-corrected chi connectivity index (χ4v) is 1.97. The minimum Gasteiger partial charge on any atom is -0.381 e. The van der Waals surface area contributed by atoms with Crippen molar-refractivity contribution < 1.29 is 4.74 Å². The molecule has 0 radical (unpaired) electrons. The van der Waals surface area contributed by atoms with Crippen LogP contribution in [0.15, 0.2) is 6.33 Å². The van der Waals surface area contributed by atoms with Gasteiger partial charge >= 0.3 is 0 Å². The molecule has 0 aliphatic carbocycles. The lowest BCUT2D eigenvalue weighted by Gasteiger charge is -2.23. The maximum absolute atomic E-state index is 5.33. The maximum Gasteiger partial charge on any atom is 0.141 e. The molecule has 5 nitrogen and oxygen atoms in total. The van der Waals surface area contributed by atoms with Gasteiger partial charge < -0.3 is 10.1 Å². The number of rotatable bonds is 4. The van der Waals surface area contributed by atoms with E-state index in [2.05, 4.69) is 29.2 Å². The predicted octanol–water partition coefficient (Wildman–Crippen LogP) is 1.13. The molecule has 1 aromatic heterocycles. The Kier molecular flexibility index (Phi) is 3.90. The molecule has 0 unspecified atom stereocenters. The van der Waals surface area contributed by atoms with Gasteiger partial charge in [-0.25, -0.2) is 9.67 Å². The summed E-state index contributed by atoms with van der Waals surface area (Å²) < 4.78 is 7.29. The number of hydrogen-bond acceptors (Lipinski definition) is 4. The van der Waals surface area contributed by atoms with Gasteiger partial charge in [-0.3, -0.25) is 0 Å². The Balaban J connectivity index is 1.86. The third-order valence-corrected chi connectivity index (χ3v) is 2.91. The van der Waals surface area contributed by atoms with Gasteiger partial charge in [0.2, 0.25) is 0 Å². The lowest BCUT2D eigenvalue weighted by molar-refractivity contribution is 0.0773. The summed E-state index contributed by atoms with van der Waals surface area (Å²) in [6.07, 6.45) is 3.81. The van der Waals surface area contributed by atoms with Crippen LogP contribution in [0, 0.1) is 0 Å². The molecule has 1 saturated heterocycles. The number of ether oxygens (including phenoxy) is 1. The second-order valence-electron chi connectivity index (χ2n) is 4.48. The van der Waals surface area contributed by atoms with Crippen LogP contribution < -0.4 is 5.32 Å². The molecule has 0 bridgehead atoms. The lowest BCUT2D eigenvalue weighted by atomic mass is 10.1. The molecule has 16 heavy (non-hydrogen) atoms. The summed E-state index contributed by atoms with van der Waals surface area (Å²) in [6, 6.07) is 0.931. The van der Waals surface area contributed by atoms with Crippen LogP contribution in [0.4, 0.5) is 0 Å². The highest BCUT2D eigenvalue weighted by Gasteiger charge is 2.14. The van der Waals surface area contributed by atoms with Gasteiger partial charge in [0.1, 0.15) is 12.2 Å². The Morgan fingerprint density at radius 2 is 2.25 bits per heavy atom. The molecule has 0 atom stereocenters. The molecule has 0 spiro atoms. The van der Waals surface area contributed by atoms with Crippen LogP contribution in [0.3, 0.4) is 0 Å². The Labute approximate surface area is 96.2 Å². The van der Waals surface area contributed by atoms with Gasteiger partial charge in [-0.1, -0.05) is 0 Å². The van der Waals surface area contributed by atoms with Crippen molar-refractivity contribution in [3.63, 3.8) is 0 Å². The van der Waals surface area contributed by atoms with E-state index in [4.69, 9.17) is 4.74 Å². The molecule has 1 aliphatic heterocycles. The van der Waals surface area contributed by atoms with Gasteiger partial charge in [0.25, 0.3) is 0 Å². The van der Waals surface area contributed by atoms with E-state index in [1.165, 1.54) is 0 Å². The topological polar surface area (TPSA) is 52.0 Å². The van der Waals surface area contributed by atoms with E-state index in [1.807, 2.05) is 4.68 Å². The van der Waals surface area contributed by atoms with Crippen LogP contribution in [0.5, 0.6) is 0 Å². The van der Waals surface area contributed by atoms with Gasteiger partial charge in [0.05, 0.1) is 6.54 Å². The molecule has 0 aromatic carbocycles. The van der Waals surface area contributed by atoms with E-state index in [0.29, 0.717) is 12.1 Å². The first-order valence-electron chi connectivity index (χ1n) is 5.97. The summed E-state index contributed by atoms with van der Waals surface area (Å²) in [5.74, 6) is 1.02. The zero-order chi connectivity index (χ0) is 11.4. The summed E-state index contributed by atoms with van der Waals surface area (Å²) in [5, 5.41) is 7.74. The van der Waals surface area contributed by atoms with E-state index in [0.717, 1.165) is 38.4 Å². The second-order valence-corrected chi connectivity index (χ2v) is 4.48. The highest BCUT2D eigenvalue weighted by molar-refractivity contribution is 4.87. The highest BCUT2D eigenvalue weighted by Crippen LogP contribution is 2.09. The van der Waals surface area contributed by atoms with Crippen molar-refractivity contribution in [1.29, 1.82) is 0 Å². The number of hydrogen-bond donors (Lipinski definition) is 1. The minimum atomic E-state index is 0.369. The zero-order valence-electron chi connectivity index (χ0n) is 10.0. The summed E-state index contributed by atoms with van der Waals surface area (Å²) in [6.45, 7) is 6.77. The van der Waals surface area contributed by atoms with Crippen molar-refractivity contribution >= 4 is 0 Å². The molecular weight excluding hydrogens is 204 g/mol. The van der Waals surface area contributed by atoms with Crippen LogP contribution in [-0.2, 0) is 11.3 Å². The van der Waals surface area contributed by atoms with E-state index in [1.54, 1.807) is 6.33 Å². The van der Waals surface area contributed by atoms with Crippen molar-refractivity contribution in [2.45, 2.75) is 45.3 Å². The van der Waals surface area contributed by atoms with Crippen LogP contribution in [0.1, 0.15) is 38.6 Å². The Bertz CT molecular complexity index is 318. The first kappa shape index (κ1) is 11.5. The third-order valence-electron chi connectivity index (χ3n) is 2.91. The van der Waals surface area contributed by atoms with Gasteiger partial charge in [0.15, 0.2) is 0 Å². The van der Waals surface area contributed by atoms with Crippen molar-refractivity contribution in [3.8, 4) is 0 Å². The smallest absolute Gasteiger partial charge is 0.141 e. The molecule has 1 aliphatic rings. The minimum absolute atomic E-state index is 0.369. The second kappa shape index (κ2) is 5.41. The number of aromatic nitrogens is 3. The van der Waals surface area contributed by atoms with Crippen LogP contribution >= 0.6 is 0 Å². The fraction of sp³-hybridized carbons (Fsp3) is 0.818. The van der Waals surface area contributed by atoms with Crippen molar-refractivity contribution in [1.82, 2.24) is 20.1 Å². The zero-order valence-corrected chi connectivity index (χ0v) is 10.0. The Morgan fingerprint density at radius 3 is 2.94 bits per heavy atom. The number of nitrogens with one attached hydrogen (secondary N) is 1. The van der Waals surface area contributed by atoms with E-state index < -0.39 is 0 Å². The first-order valence-corrected chi connectivity index (χ1v) is 5.97. The maximum atomic E-state index is 5.33. The summed E-state index contributed by atoms with van der Waals surface area (Å²) in [4.78, 5) is 4.28. The van der Waals surface area contributed by atoms with Crippen molar-refractivity contribution in [2.24, 2.45) is 0 Å². The van der Waals surface area contributed by atoms with E-state index >= 15 is 0 Å². The van der Waals surface area contributed by atoms with Crippen LogP contribution in [0.25, 0.3) is 0 Å². The van der Waals surface area contributed by atoms with E-state index in [-0.39, 0.29) is 0 Å². The molecule has 2 rings (SSSR count). The molecule has 0 amide bonds. The fourth-order valence-electron chi connectivity index (χ4n) is 1.97. The molecule has 90 valence electrons. The lowest BCUT2D eigenvalue weighted by Crippen LogP contribution is -2.35. The summed E-state index contributed by atoms with van der Waals surface area (Å²) in [5.41, 5.74) is 0. The molecular formula is C11H20N4O. The van der Waals surface area contributed by atoms with E-state index in [9.17, 15) is 0 Å². The molecule has 1 aromatic rings. The Hall–Kier alpha value is -0.940. The van der Waals surface area contributed by atoms with Crippen molar-refractivity contribution in [2.75, 3.05) is 13.2 Å². The number of nitrogens with zero attached hydrogens (tertiary/aromatic N) is 3. The largest absolute Gasteiger partial charge is 0.381 e. The standard InChI is InChI=1S/C11H20N4O/c1-9(2)15-11(13-8-14-15)7-12-10-3-5-16-6-4-10/h8-10,12H,3-7H2,1-2H3. The highest BCUT2D eigenvalue weighted by atomic mass is 16.5. The third kappa shape index (κ3) is 2.80. The van der Waals surface area contributed by atoms with Crippen LogP contribution in [0.2, 0.25) is 0 Å². The summed E-state index contributed by atoms with van der Waals surface area (Å²) >= 11 is 0. The molecule has 2 heterocycles.